The summed E-state index contributed by atoms with van der Waals surface area (Å²) < 4.78 is 10.5. The van der Waals surface area contributed by atoms with Crippen molar-refractivity contribution < 1.29 is 14.3 Å². The van der Waals surface area contributed by atoms with Crippen molar-refractivity contribution in [3.8, 4) is 11.5 Å². The molecule has 0 saturated heterocycles. The summed E-state index contributed by atoms with van der Waals surface area (Å²) in [5.41, 5.74) is 2.38. The van der Waals surface area contributed by atoms with E-state index in [4.69, 9.17) is 9.47 Å². The Balaban J connectivity index is 1.66. The lowest BCUT2D eigenvalue weighted by atomic mass is 10.2. The molecule has 1 N–H and O–H groups in total. The maximum atomic E-state index is 12.0. The Morgan fingerprint density at radius 3 is 2.95 bits per heavy atom. The summed E-state index contributed by atoms with van der Waals surface area (Å²) in [7, 11) is 0. The summed E-state index contributed by atoms with van der Waals surface area (Å²) in [5, 5.41) is 2.84. The minimum atomic E-state index is -0.189. The number of aromatic nitrogens is 1. The normalized spacial score (nSPS) is 12.2. The minimum Gasteiger partial charge on any atom is -0.454 e. The predicted molar refractivity (Wildman–Crippen MR) is 72.7 cm³/mol. The lowest BCUT2D eigenvalue weighted by Crippen LogP contribution is -2.23. The first-order valence-corrected chi connectivity index (χ1v) is 6.32. The number of fused-ring (bicyclic) bond motifs is 1. The molecule has 5 heteroatoms. The number of amides is 1. The molecule has 102 valence electrons. The van der Waals surface area contributed by atoms with E-state index in [0.29, 0.717) is 18.0 Å². The Kier molecular flexibility index (Phi) is 3.25. The van der Waals surface area contributed by atoms with Gasteiger partial charge in [0.15, 0.2) is 11.5 Å². The SMILES string of the molecule is Cc1ccnc(C(=O)NCc2ccc3c(c2)OCO3)c1. The van der Waals surface area contributed by atoms with Crippen LogP contribution in [0.2, 0.25) is 0 Å². The Morgan fingerprint density at radius 2 is 2.10 bits per heavy atom. The van der Waals surface area contributed by atoms with Crippen molar-refractivity contribution in [1.82, 2.24) is 10.3 Å². The van der Waals surface area contributed by atoms with Gasteiger partial charge in [0.2, 0.25) is 6.79 Å². The van der Waals surface area contributed by atoms with Gasteiger partial charge in [-0.25, -0.2) is 0 Å². The molecule has 0 aliphatic carbocycles. The first-order chi connectivity index (χ1) is 9.72. The third-order valence-corrected chi connectivity index (χ3v) is 3.04. The van der Waals surface area contributed by atoms with Crippen LogP contribution in [0, 0.1) is 6.92 Å². The second kappa shape index (κ2) is 5.21. The Labute approximate surface area is 116 Å². The first-order valence-electron chi connectivity index (χ1n) is 6.32. The van der Waals surface area contributed by atoms with Crippen LogP contribution in [0.15, 0.2) is 36.5 Å². The van der Waals surface area contributed by atoms with Gasteiger partial charge in [-0.15, -0.1) is 0 Å². The highest BCUT2D eigenvalue weighted by Gasteiger charge is 2.13. The topological polar surface area (TPSA) is 60.5 Å². The molecule has 1 amide bonds. The maximum absolute atomic E-state index is 12.0. The van der Waals surface area contributed by atoms with Crippen LogP contribution in [-0.2, 0) is 6.54 Å². The van der Waals surface area contributed by atoms with Crippen molar-refractivity contribution in [3.63, 3.8) is 0 Å². The van der Waals surface area contributed by atoms with Gasteiger partial charge in [-0.1, -0.05) is 6.07 Å². The standard InChI is InChI=1S/C15H14N2O3/c1-10-4-5-16-12(6-10)15(18)17-8-11-2-3-13-14(7-11)20-9-19-13/h2-7H,8-9H2,1H3,(H,17,18). The summed E-state index contributed by atoms with van der Waals surface area (Å²) in [6.45, 7) is 2.60. The van der Waals surface area contributed by atoms with Gasteiger partial charge in [-0.3, -0.25) is 9.78 Å². The number of nitrogens with zero attached hydrogens (tertiary/aromatic N) is 1. The zero-order valence-corrected chi connectivity index (χ0v) is 11.1. The molecular weight excluding hydrogens is 256 g/mol. The van der Waals surface area contributed by atoms with E-state index >= 15 is 0 Å². The summed E-state index contributed by atoms with van der Waals surface area (Å²) >= 11 is 0. The van der Waals surface area contributed by atoms with Crippen molar-refractivity contribution in [2.75, 3.05) is 6.79 Å². The van der Waals surface area contributed by atoms with E-state index in [9.17, 15) is 4.79 Å². The van der Waals surface area contributed by atoms with Gasteiger partial charge < -0.3 is 14.8 Å². The lowest BCUT2D eigenvalue weighted by molar-refractivity contribution is 0.0945. The fourth-order valence-electron chi connectivity index (χ4n) is 1.98. The van der Waals surface area contributed by atoms with Crippen molar-refractivity contribution in [2.24, 2.45) is 0 Å². The number of nitrogens with one attached hydrogen (secondary N) is 1. The zero-order valence-electron chi connectivity index (χ0n) is 11.1. The molecule has 3 rings (SSSR count). The quantitative estimate of drug-likeness (QED) is 0.927. The molecule has 0 bridgehead atoms. The average Bonchev–Trinajstić information content (AvgIpc) is 2.92. The molecular formula is C15H14N2O3. The molecule has 1 aromatic carbocycles. The van der Waals surface area contributed by atoms with Crippen LogP contribution in [0.25, 0.3) is 0 Å². The van der Waals surface area contributed by atoms with Crippen LogP contribution in [0.1, 0.15) is 21.6 Å². The van der Waals surface area contributed by atoms with Crippen LogP contribution in [0.4, 0.5) is 0 Å². The Hall–Kier alpha value is -2.56. The molecule has 2 aromatic rings. The Bertz CT molecular complexity index is 655. The maximum Gasteiger partial charge on any atom is 0.270 e. The van der Waals surface area contributed by atoms with Gasteiger partial charge in [0.25, 0.3) is 5.91 Å². The van der Waals surface area contributed by atoms with Crippen LogP contribution in [0.5, 0.6) is 11.5 Å². The fourth-order valence-corrected chi connectivity index (χ4v) is 1.98. The van der Waals surface area contributed by atoms with Crippen LogP contribution < -0.4 is 14.8 Å². The number of pyridine rings is 1. The van der Waals surface area contributed by atoms with Gasteiger partial charge in [-0.2, -0.15) is 0 Å². The van der Waals surface area contributed by atoms with Crippen molar-refractivity contribution >= 4 is 5.91 Å². The molecule has 0 radical (unpaired) electrons. The summed E-state index contributed by atoms with van der Waals surface area (Å²) in [6, 6.07) is 9.22. The molecule has 1 aliphatic heterocycles. The second-order valence-corrected chi connectivity index (χ2v) is 4.59. The highest BCUT2D eigenvalue weighted by atomic mass is 16.7. The molecule has 1 aliphatic rings. The molecule has 20 heavy (non-hydrogen) atoms. The van der Waals surface area contributed by atoms with E-state index in [1.807, 2.05) is 31.2 Å². The highest BCUT2D eigenvalue weighted by Crippen LogP contribution is 2.32. The molecule has 1 aromatic heterocycles. The van der Waals surface area contributed by atoms with Gasteiger partial charge >= 0.3 is 0 Å². The summed E-state index contributed by atoms with van der Waals surface area (Å²) in [6.07, 6.45) is 1.63. The predicted octanol–water partition coefficient (Wildman–Crippen LogP) is 2.05. The van der Waals surface area contributed by atoms with Gasteiger partial charge in [-0.05, 0) is 42.3 Å². The molecule has 2 heterocycles. The number of hydrogen-bond acceptors (Lipinski definition) is 4. The fraction of sp³-hybridized carbons (Fsp3) is 0.200. The van der Waals surface area contributed by atoms with Gasteiger partial charge in [0.1, 0.15) is 5.69 Å². The molecule has 0 atom stereocenters. The van der Waals surface area contributed by atoms with Crippen LogP contribution in [-0.4, -0.2) is 17.7 Å². The number of carbonyl (C=O) groups excluding carboxylic acids is 1. The number of aryl methyl sites for hydroxylation is 1. The van der Waals surface area contributed by atoms with Gasteiger partial charge in [0.05, 0.1) is 0 Å². The van der Waals surface area contributed by atoms with Crippen LogP contribution >= 0.6 is 0 Å². The van der Waals surface area contributed by atoms with Gasteiger partial charge in [0, 0.05) is 12.7 Å². The van der Waals surface area contributed by atoms with Crippen molar-refractivity contribution in [1.29, 1.82) is 0 Å². The number of carbonyl (C=O) groups is 1. The monoisotopic (exact) mass is 270 g/mol. The van der Waals surface area contributed by atoms with Crippen LogP contribution in [0.3, 0.4) is 0 Å². The number of hydrogen-bond donors (Lipinski definition) is 1. The third-order valence-electron chi connectivity index (χ3n) is 3.04. The number of benzene rings is 1. The third kappa shape index (κ3) is 2.56. The Morgan fingerprint density at radius 1 is 1.25 bits per heavy atom. The molecule has 5 nitrogen and oxygen atoms in total. The molecule has 0 saturated carbocycles. The molecule has 0 spiro atoms. The zero-order chi connectivity index (χ0) is 13.9. The van der Waals surface area contributed by atoms with Crippen molar-refractivity contribution in [3.05, 3.63) is 53.3 Å². The van der Waals surface area contributed by atoms with E-state index in [0.717, 1.165) is 16.9 Å². The largest absolute Gasteiger partial charge is 0.454 e. The van der Waals surface area contributed by atoms with E-state index in [1.165, 1.54) is 0 Å². The first kappa shape index (κ1) is 12.5. The molecule has 0 unspecified atom stereocenters. The van der Waals surface area contributed by atoms with E-state index in [-0.39, 0.29) is 12.7 Å². The average molecular weight is 270 g/mol. The van der Waals surface area contributed by atoms with E-state index in [2.05, 4.69) is 10.3 Å². The van der Waals surface area contributed by atoms with E-state index in [1.54, 1.807) is 12.3 Å². The van der Waals surface area contributed by atoms with E-state index < -0.39 is 0 Å². The van der Waals surface area contributed by atoms with Crippen molar-refractivity contribution in [2.45, 2.75) is 13.5 Å². The summed E-state index contributed by atoms with van der Waals surface area (Å²) in [4.78, 5) is 16.0. The lowest BCUT2D eigenvalue weighted by Gasteiger charge is -2.06. The molecule has 0 fully saturated rings. The number of ether oxygens (including phenoxy) is 2. The minimum absolute atomic E-state index is 0.189. The number of rotatable bonds is 3. The smallest absolute Gasteiger partial charge is 0.270 e. The summed E-state index contributed by atoms with van der Waals surface area (Å²) in [5.74, 6) is 1.26. The second-order valence-electron chi connectivity index (χ2n) is 4.59. The highest BCUT2D eigenvalue weighted by molar-refractivity contribution is 5.92.